The van der Waals surface area contributed by atoms with Crippen LogP contribution in [0.2, 0.25) is 0 Å². The van der Waals surface area contributed by atoms with Gasteiger partial charge in [-0.2, -0.15) is 0 Å². The van der Waals surface area contributed by atoms with Gasteiger partial charge in [-0.05, 0) is 24.6 Å². The number of nitrogens with zero attached hydrogens (tertiary/aromatic N) is 1. The molecule has 94 valence electrons. The Hall–Kier alpha value is -2.50. The fourth-order valence-electron chi connectivity index (χ4n) is 1.60. The zero-order chi connectivity index (χ0) is 13.1. The summed E-state index contributed by atoms with van der Waals surface area (Å²) in [5.74, 6) is 0.378. The summed E-state index contributed by atoms with van der Waals surface area (Å²) >= 11 is 0. The summed E-state index contributed by atoms with van der Waals surface area (Å²) in [6.45, 7) is 1.95. The molecule has 2 rings (SSSR count). The van der Waals surface area contributed by atoms with Crippen molar-refractivity contribution in [3.63, 3.8) is 0 Å². The minimum atomic E-state index is -0.350. The van der Waals surface area contributed by atoms with Crippen LogP contribution in [-0.2, 0) is 0 Å². The Labute approximate surface area is 104 Å². The largest absolute Gasteiger partial charge is 0.399 e. The third kappa shape index (κ3) is 2.42. The molecule has 0 aliphatic rings. The molecule has 0 fully saturated rings. The zero-order valence-electron chi connectivity index (χ0n) is 9.97. The Morgan fingerprint density at radius 2 is 1.94 bits per heavy atom. The van der Waals surface area contributed by atoms with E-state index in [0.29, 0.717) is 11.5 Å². The number of nitrogens with one attached hydrogen (secondary N) is 2. The van der Waals surface area contributed by atoms with Crippen LogP contribution in [0.5, 0.6) is 0 Å². The molecule has 0 aliphatic carbocycles. The molecule has 6 heteroatoms. The molecule has 18 heavy (non-hydrogen) atoms. The van der Waals surface area contributed by atoms with Gasteiger partial charge in [0.1, 0.15) is 5.69 Å². The van der Waals surface area contributed by atoms with Gasteiger partial charge in [-0.1, -0.05) is 12.1 Å². The second kappa shape index (κ2) is 4.79. The smallest absolute Gasteiger partial charge is 0.276 e. The second-order valence-electron chi connectivity index (χ2n) is 4.03. The first-order valence-corrected chi connectivity index (χ1v) is 5.53. The minimum absolute atomic E-state index is 0.0257. The second-order valence-corrected chi connectivity index (χ2v) is 4.03. The lowest BCUT2D eigenvalue weighted by Crippen LogP contribution is -2.17. The molecule has 0 amide bonds. The highest BCUT2D eigenvalue weighted by atomic mass is 16.1. The van der Waals surface area contributed by atoms with Gasteiger partial charge in [0.2, 0.25) is 0 Å². The van der Waals surface area contributed by atoms with Crippen LogP contribution in [0.15, 0.2) is 35.4 Å². The van der Waals surface area contributed by atoms with E-state index in [1.54, 1.807) is 0 Å². The van der Waals surface area contributed by atoms with Crippen molar-refractivity contribution in [2.75, 3.05) is 16.8 Å². The van der Waals surface area contributed by atoms with E-state index in [4.69, 9.17) is 11.5 Å². The maximum absolute atomic E-state index is 11.3. The normalized spacial score (nSPS) is 12.1. The fourth-order valence-corrected chi connectivity index (χ4v) is 1.60. The number of hydrogen-bond donors (Lipinski definition) is 4. The van der Waals surface area contributed by atoms with Gasteiger partial charge in [0.05, 0.1) is 12.4 Å². The van der Waals surface area contributed by atoms with Crippen LogP contribution in [0.4, 0.5) is 17.2 Å². The molecular weight excluding hydrogens is 230 g/mol. The first kappa shape index (κ1) is 12.0. The maximum Gasteiger partial charge on any atom is 0.276 e. The summed E-state index contributed by atoms with van der Waals surface area (Å²) in [6, 6.07) is 7.44. The van der Waals surface area contributed by atoms with E-state index in [1.807, 2.05) is 31.2 Å². The monoisotopic (exact) mass is 245 g/mol. The van der Waals surface area contributed by atoms with E-state index >= 15 is 0 Å². The summed E-state index contributed by atoms with van der Waals surface area (Å²) in [6.07, 6.45) is 1.32. The zero-order valence-corrected chi connectivity index (χ0v) is 9.97. The molecule has 0 aliphatic heterocycles. The maximum atomic E-state index is 11.3. The molecule has 1 aromatic carbocycles. The molecule has 0 spiro atoms. The summed E-state index contributed by atoms with van der Waals surface area (Å²) in [5.41, 5.74) is 12.7. The van der Waals surface area contributed by atoms with Gasteiger partial charge in [-0.3, -0.25) is 4.79 Å². The number of nitrogens with two attached hydrogens (primary N) is 2. The molecular formula is C12H15N5O. The van der Waals surface area contributed by atoms with Gasteiger partial charge < -0.3 is 21.8 Å². The van der Waals surface area contributed by atoms with Crippen molar-refractivity contribution in [2.24, 2.45) is 0 Å². The number of anilines is 3. The molecule has 0 radical (unpaired) electrons. The first-order valence-electron chi connectivity index (χ1n) is 5.53. The minimum Gasteiger partial charge on any atom is -0.399 e. The average Bonchev–Trinajstić information content (AvgIpc) is 2.36. The van der Waals surface area contributed by atoms with E-state index in [0.717, 1.165) is 5.56 Å². The quantitative estimate of drug-likeness (QED) is 0.605. The summed E-state index contributed by atoms with van der Waals surface area (Å²) in [4.78, 5) is 17.7. The number of H-pyrrole nitrogens is 1. The van der Waals surface area contributed by atoms with Gasteiger partial charge in [0.25, 0.3) is 5.56 Å². The lowest BCUT2D eigenvalue weighted by Gasteiger charge is -2.15. The topological polar surface area (TPSA) is 110 Å². The van der Waals surface area contributed by atoms with E-state index in [9.17, 15) is 4.79 Å². The molecule has 6 nitrogen and oxygen atoms in total. The molecule has 1 unspecified atom stereocenters. The van der Waals surface area contributed by atoms with E-state index < -0.39 is 0 Å². The molecule has 0 saturated carbocycles. The predicted molar refractivity (Wildman–Crippen MR) is 72.2 cm³/mol. The van der Waals surface area contributed by atoms with Crippen LogP contribution >= 0.6 is 0 Å². The number of rotatable bonds is 3. The average molecular weight is 245 g/mol. The van der Waals surface area contributed by atoms with Gasteiger partial charge in [0.15, 0.2) is 5.82 Å². The molecule has 1 heterocycles. The molecule has 1 aromatic heterocycles. The standard InChI is InChI=1S/C12H15N5O/c1-7(8-2-4-9(13)5-3-8)17-11-10(14)12(18)16-6-15-11/h2-7H,13-14H2,1H3,(H2,15,16,17,18). The van der Waals surface area contributed by atoms with Crippen molar-refractivity contribution < 1.29 is 0 Å². The molecule has 0 bridgehead atoms. The summed E-state index contributed by atoms with van der Waals surface area (Å²) in [7, 11) is 0. The SMILES string of the molecule is CC(Nc1nc[nH]c(=O)c1N)c1ccc(N)cc1. The number of nitrogen functional groups attached to an aromatic ring is 2. The number of aromatic amines is 1. The number of hydrogen-bond acceptors (Lipinski definition) is 5. The van der Waals surface area contributed by atoms with Crippen LogP contribution < -0.4 is 22.3 Å². The van der Waals surface area contributed by atoms with E-state index in [2.05, 4.69) is 15.3 Å². The van der Waals surface area contributed by atoms with Crippen LogP contribution in [0.3, 0.4) is 0 Å². The van der Waals surface area contributed by atoms with Gasteiger partial charge >= 0.3 is 0 Å². The Kier molecular flexibility index (Phi) is 3.18. The van der Waals surface area contributed by atoms with E-state index in [-0.39, 0.29) is 17.3 Å². The van der Waals surface area contributed by atoms with Crippen LogP contribution in [0.1, 0.15) is 18.5 Å². The fraction of sp³-hybridized carbons (Fsp3) is 0.167. The number of aromatic nitrogens is 2. The highest BCUT2D eigenvalue weighted by Gasteiger charge is 2.09. The van der Waals surface area contributed by atoms with E-state index in [1.165, 1.54) is 6.33 Å². The van der Waals surface area contributed by atoms with Crippen molar-refractivity contribution in [3.8, 4) is 0 Å². The predicted octanol–water partition coefficient (Wildman–Crippen LogP) is 1.11. The van der Waals surface area contributed by atoms with Gasteiger partial charge in [0, 0.05) is 5.69 Å². The van der Waals surface area contributed by atoms with Gasteiger partial charge in [-0.25, -0.2) is 4.98 Å². The highest BCUT2D eigenvalue weighted by molar-refractivity contribution is 5.59. The van der Waals surface area contributed by atoms with Crippen molar-refractivity contribution in [3.05, 3.63) is 46.5 Å². The Balaban J connectivity index is 2.21. The highest BCUT2D eigenvalue weighted by Crippen LogP contribution is 2.20. The number of benzene rings is 1. The molecule has 2 aromatic rings. The molecule has 1 atom stereocenters. The lowest BCUT2D eigenvalue weighted by atomic mass is 10.1. The molecule has 0 saturated heterocycles. The third-order valence-corrected chi connectivity index (χ3v) is 2.68. The third-order valence-electron chi connectivity index (χ3n) is 2.68. The van der Waals surface area contributed by atoms with Crippen molar-refractivity contribution in [2.45, 2.75) is 13.0 Å². The summed E-state index contributed by atoms with van der Waals surface area (Å²) in [5, 5.41) is 3.09. The van der Waals surface area contributed by atoms with Crippen molar-refractivity contribution in [1.82, 2.24) is 9.97 Å². The Morgan fingerprint density at radius 1 is 1.28 bits per heavy atom. The molecule has 6 N–H and O–H groups in total. The van der Waals surface area contributed by atoms with Crippen LogP contribution in [0.25, 0.3) is 0 Å². The first-order chi connectivity index (χ1) is 8.58. The Morgan fingerprint density at radius 3 is 2.61 bits per heavy atom. The lowest BCUT2D eigenvalue weighted by molar-refractivity contribution is 0.872. The Bertz CT molecular complexity index is 590. The summed E-state index contributed by atoms with van der Waals surface area (Å²) < 4.78 is 0. The van der Waals surface area contributed by atoms with Crippen molar-refractivity contribution >= 4 is 17.2 Å². The van der Waals surface area contributed by atoms with Crippen LogP contribution in [0, 0.1) is 0 Å². The van der Waals surface area contributed by atoms with Crippen LogP contribution in [-0.4, -0.2) is 9.97 Å². The van der Waals surface area contributed by atoms with Gasteiger partial charge in [-0.15, -0.1) is 0 Å². The van der Waals surface area contributed by atoms with Crippen molar-refractivity contribution in [1.29, 1.82) is 0 Å².